The molecule has 0 atom stereocenters. The number of anilines is 1. The predicted molar refractivity (Wildman–Crippen MR) is 85.7 cm³/mol. The minimum absolute atomic E-state index is 0.124. The van der Waals surface area contributed by atoms with E-state index in [1.54, 1.807) is 0 Å². The van der Waals surface area contributed by atoms with Gasteiger partial charge in [-0.25, -0.2) is 0 Å². The highest BCUT2D eigenvalue weighted by molar-refractivity contribution is 5.90. The van der Waals surface area contributed by atoms with Gasteiger partial charge in [0.05, 0.1) is 26.2 Å². The fraction of sp³-hybridized carbons (Fsp3) is 0.588. The summed E-state index contributed by atoms with van der Waals surface area (Å²) in [6.07, 6.45) is 2.71. The number of hydrogen-bond donors (Lipinski definition) is 1. The second-order valence-electron chi connectivity index (χ2n) is 5.39. The minimum Gasteiger partial charge on any atom is -0.326 e. The zero-order valence-corrected chi connectivity index (χ0v) is 13.2. The Morgan fingerprint density at radius 1 is 1.00 bits per heavy atom. The molecule has 112 valence electrons. The van der Waals surface area contributed by atoms with Gasteiger partial charge in [-0.05, 0) is 45.7 Å². The number of hydrogen-bond acceptors (Lipinski definition) is 1. The Bertz CT molecular complexity index is 377. The monoisotopic (exact) mass is 277 g/mol. The van der Waals surface area contributed by atoms with Crippen LogP contribution in [0, 0.1) is 0 Å². The van der Waals surface area contributed by atoms with Crippen molar-refractivity contribution >= 4 is 11.6 Å². The van der Waals surface area contributed by atoms with Crippen LogP contribution in [0.4, 0.5) is 5.69 Å². The maximum absolute atomic E-state index is 11.8. The van der Waals surface area contributed by atoms with E-state index in [9.17, 15) is 4.79 Å². The van der Waals surface area contributed by atoms with E-state index in [0.29, 0.717) is 6.42 Å². The topological polar surface area (TPSA) is 29.1 Å². The molecule has 20 heavy (non-hydrogen) atoms. The standard InChI is InChI=1S/C17H28N2O/c1-4-19(5-2,6-3)15-11-10-14-17(20)18-16-12-8-7-9-13-16/h7-9,12-13H,4-6,10-11,14-15H2,1-3H3/p+1. The average molecular weight is 277 g/mol. The summed E-state index contributed by atoms with van der Waals surface area (Å²) >= 11 is 0. The number of nitrogens with one attached hydrogen (secondary N) is 1. The molecule has 0 bridgehead atoms. The quantitative estimate of drug-likeness (QED) is 0.541. The van der Waals surface area contributed by atoms with Crippen LogP contribution in [0.2, 0.25) is 0 Å². The Labute approximate surface area is 123 Å². The Morgan fingerprint density at radius 2 is 1.60 bits per heavy atom. The minimum atomic E-state index is 0.124. The third-order valence-corrected chi connectivity index (χ3v) is 4.36. The van der Waals surface area contributed by atoms with Crippen molar-refractivity contribution in [3.05, 3.63) is 30.3 Å². The molecule has 3 heteroatoms. The molecule has 0 aliphatic heterocycles. The number of unbranched alkanes of at least 4 members (excludes halogenated alkanes) is 1. The first kappa shape index (κ1) is 16.7. The van der Waals surface area contributed by atoms with E-state index in [2.05, 4.69) is 26.1 Å². The van der Waals surface area contributed by atoms with Gasteiger partial charge in [0, 0.05) is 12.1 Å². The maximum Gasteiger partial charge on any atom is 0.224 e. The SMILES string of the molecule is CC[N+](CC)(CC)CCCCC(=O)Nc1ccccc1. The molecule has 1 aromatic carbocycles. The number of benzene rings is 1. The Morgan fingerprint density at radius 3 is 2.15 bits per heavy atom. The van der Waals surface area contributed by atoms with Crippen molar-refractivity contribution in [1.29, 1.82) is 0 Å². The summed E-state index contributed by atoms with van der Waals surface area (Å²) in [5.41, 5.74) is 0.887. The van der Waals surface area contributed by atoms with Gasteiger partial charge in [0.1, 0.15) is 0 Å². The van der Waals surface area contributed by atoms with E-state index in [0.717, 1.165) is 18.5 Å². The number of quaternary nitrogens is 1. The van der Waals surface area contributed by atoms with Gasteiger partial charge in [0.15, 0.2) is 0 Å². The smallest absolute Gasteiger partial charge is 0.224 e. The highest BCUT2D eigenvalue weighted by Gasteiger charge is 2.19. The maximum atomic E-state index is 11.8. The van der Waals surface area contributed by atoms with Crippen molar-refractivity contribution < 1.29 is 9.28 Å². The summed E-state index contributed by atoms with van der Waals surface area (Å²) < 4.78 is 1.17. The first-order chi connectivity index (χ1) is 9.65. The van der Waals surface area contributed by atoms with E-state index in [1.165, 1.54) is 30.7 Å². The molecule has 0 aliphatic rings. The van der Waals surface area contributed by atoms with Gasteiger partial charge in [-0.15, -0.1) is 0 Å². The van der Waals surface area contributed by atoms with Crippen LogP contribution in [0.5, 0.6) is 0 Å². The van der Waals surface area contributed by atoms with Crippen molar-refractivity contribution in [2.75, 3.05) is 31.5 Å². The number of carbonyl (C=O) groups is 1. The van der Waals surface area contributed by atoms with Crippen LogP contribution in [0.1, 0.15) is 40.0 Å². The number of carbonyl (C=O) groups excluding carboxylic acids is 1. The van der Waals surface area contributed by atoms with Crippen molar-refractivity contribution in [2.45, 2.75) is 40.0 Å². The highest BCUT2D eigenvalue weighted by atomic mass is 16.1. The van der Waals surface area contributed by atoms with Gasteiger partial charge in [0.2, 0.25) is 5.91 Å². The molecule has 0 aliphatic carbocycles. The van der Waals surface area contributed by atoms with Crippen LogP contribution in [0.25, 0.3) is 0 Å². The molecule has 0 saturated carbocycles. The van der Waals surface area contributed by atoms with E-state index in [-0.39, 0.29) is 5.91 Å². The third-order valence-electron chi connectivity index (χ3n) is 4.36. The Hall–Kier alpha value is -1.35. The molecular weight excluding hydrogens is 248 g/mol. The summed E-state index contributed by atoms with van der Waals surface area (Å²) in [5, 5.41) is 2.94. The van der Waals surface area contributed by atoms with E-state index >= 15 is 0 Å². The van der Waals surface area contributed by atoms with Crippen LogP contribution >= 0.6 is 0 Å². The van der Waals surface area contributed by atoms with Gasteiger partial charge in [-0.1, -0.05) is 18.2 Å². The number of amides is 1. The Kier molecular flexibility index (Phi) is 7.31. The van der Waals surface area contributed by atoms with Crippen LogP contribution < -0.4 is 5.32 Å². The zero-order valence-electron chi connectivity index (χ0n) is 13.2. The zero-order chi connectivity index (χ0) is 14.8. The molecule has 1 aromatic rings. The fourth-order valence-corrected chi connectivity index (χ4v) is 2.62. The van der Waals surface area contributed by atoms with Gasteiger partial charge in [-0.3, -0.25) is 4.79 Å². The van der Waals surface area contributed by atoms with Crippen molar-refractivity contribution in [2.24, 2.45) is 0 Å². The molecule has 1 amide bonds. The Balaban J connectivity index is 2.25. The predicted octanol–water partition coefficient (Wildman–Crippen LogP) is 3.67. The lowest BCUT2D eigenvalue weighted by Crippen LogP contribution is -2.48. The molecule has 1 rings (SSSR count). The fourth-order valence-electron chi connectivity index (χ4n) is 2.62. The second-order valence-corrected chi connectivity index (χ2v) is 5.39. The molecule has 1 N–H and O–H groups in total. The molecule has 0 unspecified atom stereocenters. The molecule has 0 heterocycles. The van der Waals surface area contributed by atoms with Crippen molar-refractivity contribution in [1.82, 2.24) is 0 Å². The van der Waals surface area contributed by atoms with Crippen LogP contribution in [-0.2, 0) is 4.79 Å². The molecule has 0 saturated heterocycles. The summed E-state index contributed by atoms with van der Waals surface area (Å²) in [7, 11) is 0. The largest absolute Gasteiger partial charge is 0.326 e. The molecule has 0 radical (unpaired) electrons. The first-order valence-corrected chi connectivity index (χ1v) is 7.85. The lowest BCUT2D eigenvalue weighted by atomic mass is 10.2. The molecule has 0 aromatic heterocycles. The number of nitrogens with zero attached hydrogens (tertiary/aromatic N) is 1. The summed E-state index contributed by atoms with van der Waals surface area (Å²) in [6.45, 7) is 11.5. The molecule has 0 spiro atoms. The molecular formula is C17H29N2O+. The van der Waals surface area contributed by atoms with Gasteiger partial charge < -0.3 is 9.80 Å². The van der Waals surface area contributed by atoms with E-state index < -0.39 is 0 Å². The normalized spacial score (nSPS) is 11.3. The molecule has 0 fully saturated rings. The second kappa shape index (κ2) is 8.75. The average Bonchev–Trinajstić information content (AvgIpc) is 2.49. The number of rotatable bonds is 9. The van der Waals surface area contributed by atoms with Crippen LogP contribution in [0.15, 0.2) is 30.3 Å². The highest BCUT2D eigenvalue weighted by Crippen LogP contribution is 2.11. The van der Waals surface area contributed by atoms with Crippen molar-refractivity contribution in [3.63, 3.8) is 0 Å². The van der Waals surface area contributed by atoms with Crippen LogP contribution in [0.3, 0.4) is 0 Å². The number of para-hydroxylation sites is 1. The van der Waals surface area contributed by atoms with E-state index in [1.807, 2.05) is 30.3 Å². The lowest BCUT2D eigenvalue weighted by molar-refractivity contribution is -0.923. The summed E-state index contributed by atoms with van der Waals surface area (Å²) in [4.78, 5) is 11.8. The van der Waals surface area contributed by atoms with Crippen LogP contribution in [-0.4, -0.2) is 36.6 Å². The van der Waals surface area contributed by atoms with Gasteiger partial charge >= 0.3 is 0 Å². The van der Waals surface area contributed by atoms with Gasteiger partial charge in [0.25, 0.3) is 0 Å². The lowest BCUT2D eigenvalue weighted by Gasteiger charge is -2.35. The summed E-state index contributed by atoms with van der Waals surface area (Å²) in [5.74, 6) is 0.124. The molecule has 3 nitrogen and oxygen atoms in total. The van der Waals surface area contributed by atoms with Crippen molar-refractivity contribution in [3.8, 4) is 0 Å². The van der Waals surface area contributed by atoms with Gasteiger partial charge in [-0.2, -0.15) is 0 Å². The summed E-state index contributed by atoms with van der Waals surface area (Å²) in [6, 6.07) is 9.67. The first-order valence-electron chi connectivity index (χ1n) is 7.85. The third kappa shape index (κ3) is 5.33. The van der Waals surface area contributed by atoms with E-state index in [4.69, 9.17) is 0 Å².